The number of ether oxygens (including phenoxy) is 1. The van der Waals surface area contributed by atoms with E-state index in [2.05, 4.69) is 10.3 Å². The van der Waals surface area contributed by atoms with Gasteiger partial charge in [-0.2, -0.15) is 0 Å². The molecule has 0 bridgehead atoms. The number of carbonyl (C=O) groups excluding carboxylic acids is 1. The number of nitrogens with zero attached hydrogens (tertiary/aromatic N) is 3. The predicted molar refractivity (Wildman–Crippen MR) is 99.7 cm³/mol. The van der Waals surface area contributed by atoms with Gasteiger partial charge in [-0.05, 0) is 12.1 Å². The van der Waals surface area contributed by atoms with Gasteiger partial charge in [0.1, 0.15) is 17.6 Å². The van der Waals surface area contributed by atoms with Crippen LogP contribution >= 0.6 is 35.6 Å². The van der Waals surface area contributed by atoms with Gasteiger partial charge in [0.25, 0.3) is 5.91 Å². The number of carbonyl (C=O) groups is 1. The number of hydrogen-bond donors (Lipinski definition) is 1. The zero-order valence-corrected chi connectivity index (χ0v) is 15.9. The van der Waals surface area contributed by atoms with Crippen LogP contribution in [0, 0.1) is 0 Å². The second kappa shape index (κ2) is 8.76. The minimum atomic E-state index is -0.108. The Morgan fingerprint density at radius 1 is 1.40 bits per heavy atom. The van der Waals surface area contributed by atoms with Gasteiger partial charge >= 0.3 is 0 Å². The summed E-state index contributed by atoms with van der Waals surface area (Å²) in [4.78, 5) is 18.8. The van der Waals surface area contributed by atoms with Gasteiger partial charge in [0.2, 0.25) is 0 Å². The van der Waals surface area contributed by atoms with Crippen molar-refractivity contribution >= 4 is 41.5 Å². The molecule has 1 aliphatic heterocycles. The number of halogens is 3. The summed E-state index contributed by atoms with van der Waals surface area (Å²) in [5, 5.41) is 4.15. The smallest absolute Gasteiger partial charge is 0.261 e. The van der Waals surface area contributed by atoms with Gasteiger partial charge in [-0.3, -0.25) is 4.79 Å². The van der Waals surface area contributed by atoms with Crippen molar-refractivity contribution in [2.75, 3.05) is 26.2 Å². The fourth-order valence-corrected chi connectivity index (χ4v) is 3.01. The molecular weight excluding hydrogens is 387 g/mol. The summed E-state index contributed by atoms with van der Waals surface area (Å²) in [7, 11) is 1.92. The maximum absolute atomic E-state index is 12.6. The van der Waals surface area contributed by atoms with Gasteiger partial charge < -0.3 is 19.5 Å². The molecule has 2 heterocycles. The van der Waals surface area contributed by atoms with Crippen molar-refractivity contribution in [3.63, 3.8) is 0 Å². The average Bonchev–Trinajstić information content (AvgIpc) is 3.01. The van der Waals surface area contributed by atoms with Crippen molar-refractivity contribution in [1.29, 1.82) is 0 Å². The number of benzene rings is 1. The fourth-order valence-electron chi connectivity index (χ4n) is 2.73. The van der Waals surface area contributed by atoms with E-state index in [4.69, 9.17) is 27.9 Å². The molecule has 0 saturated carbocycles. The van der Waals surface area contributed by atoms with Gasteiger partial charge in [0, 0.05) is 45.1 Å². The van der Waals surface area contributed by atoms with E-state index in [0.29, 0.717) is 28.9 Å². The number of rotatable bonds is 4. The van der Waals surface area contributed by atoms with Crippen LogP contribution in [0.3, 0.4) is 0 Å². The lowest BCUT2D eigenvalue weighted by Gasteiger charge is -2.35. The Bertz CT molecular complexity index is 738. The van der Waals surface area contributed by atoms with Crippen LogP contribution in [-0.4, -0.2) is 46.6 Å². The zero-order valence-electron chi connectivity index (χ0n) is 13.6. The summed E-state index contributed by atoms with van der Waals surface area (Å²) in [6, 6.07) is 4.83. The van der Waals surface area contributed by atoms with E-state index in [-0.39, 0.29) is 31.0 Å². The summed E-state index contributed by atoms with van der Waals surface area (Å²) in [5.41, 5.74) is 0. The van der Waals surface area contributed by atoms with Crippen molar-refractivity contribution in [2.24, 2.45) is 7.05 Å². The molecular formula is C16H19Cl3N4O2. The van der Waals surface area contributed by atoms with E-state index in [1.54, 1.807) is 29.3 Å². The Morgan fingerprint density at radius 3 is 2.88 bits per heavy atom. The van der Waals surface area contributed by atoms with Gasteiger partial charge in [-0.25, -0.2) is 4.98 Å². The lowest BCUT2D eigenvalue weighted by molar-refractivity contribution is -0.137. The summed E-state index contributed by atoms with van der Waals surface area (Å²) in [6.45, 7) is 1.97. The highest BCUT2D eigenvalue weighted by atomic mass is 35.5. The van der Waals surface area contributed by atoms with E-state index in [9.17, 15) is 4.79 Å². The van der Waals surface area contributed by atoms with Gasteiger partial charge in [-0.1, -0.05) is 23.2 Å². The van der Waals surface area contributed by atoms with Crippen LogP contribution in [-0.2, 0) is 11.8 Å². The minimum Gasteiger partial charge on any atom is -0.484 e. The van der Waals surface area contributed by atoms with Crippen LogP contribution in [0.2, 0.25) is 10.0 Å². The topological polar surface area (TPSA) is 59.4 Å². The van der Waals surface area contributed by atoms with Crippen LogP contribution < -0.4 is 10.1 Å². The number of aryl methyl sites for hydroxylation is 1. The molecule has 1 fully saturated rings. The van der Waals surface area contributed by atoms with E-state index < -0.39 is 0 Å². The van der Waals surface area contributed by atoms with Crippen LogP contribution in [0.4, 0.5) is 0 Å². The monoisotopic (exact) mass is 404 g/mol. The molecule has 9 heteroatoms. The van der Waals surface area contributed by atoms with Gasteiger partial charge in [0.05, 0.1) is 10.0 Å². The van der Waals surface area contributed by atoms with Gasteiger partial charge in [0.15, 0.2) is 6.61 Å². The Hall–Kier alpha value is -1.47. The number of aromatic nitrogens is 2. The number of piperazine rings is 1. The minimum absolute atomic E-state index is 0. The third-order valence-electron chi connectivity index (χ3n) is 3.97. The fraction of sp³-hybridized carbons (Fsp3) is 0.375. The van der Waals surface area contributed by atoms with Crippen molar-refractivity contribution in [1.82, 2.24) is 19.8 Å². The predicted octanol–water partition coefficient (Wildman–Crippen LogP) is 2.70. The summed E-state index contributed by atoms with van der Waals surface area (Å²) >= 11 is 11.8. The first-order chi connectivity index (χ1) is 11.6. The van der Waals surface area contributed by atoms with Crippen LogP contribution in [0.5, 0.6) is 5.75 Å². The van der Waals surface area contributed by atoms with E-state index in [0.717, 1.165) is 12.4 Å². The molecule has 0 spiro atoms. The van der Waals surface area contributed by atoms with E-state index in [1.165, 1.54) is 0 Å². The number of imidazole rings is 1. The lowest BCUT2D eigenvalue weighted by atomic mass is 10.1. The molecule has 1 N–H and O–H groups in total. The Balaban J connectivity index is 0.00000225. The van der Waals surface area contributed by atoms with Gasteiger partial charge in [-0.15, -0.1) is 12.4 Å². The molecule has 1 aliphatic rings. The summed E-state index contributed by atoms with van der Waals surface area (Å²) < 4.78 is 7.50. The first-order valence-electron chi connectivity index (χ1n) is 7.61. The second-order valence-corrected chi connectivity index (χ2v) is 6.38. The average molecular weight is 406 g/mol. The zero-order chi connectivity index (χ0) is 17.1. The van der Waals surface area contributed by atoms with Crippen molar-refractivity contribution in [3.8, 4) is 5.75 Å². The molecule has 1 atom stereocenters. The van der Waals surface area contributed by atoms with E-state index >= 15 is 0 Å². The molecule has 1 amide bonds. The number of amides is 1. The molecule has 136 valence electrons. The van der Waals surface area contributed by atoms with Crippen LogP contribution in [0.15, 0.2) is 30.6 Å². The molecule has 1 aromatic carbocycles. The van der Waals surface area contributed by atoms with Crippen LogP contribution in [0.1, 0.15) is 11.9 Å². The maximum Gasteiger partial charge on any atom is 0.261 e. The molecule has 3 rings (SSSR count). The molecule has 1 aromatic heterocycles. The SMILES string of the molecule is Cl.Cn1ccnc1C1CNCCN1C(=O)COc1ccc(Cl)c(Cl)c1. The highest BCUT2D eigenvalue weighted by molar-refractivity contribution is 6.42. The lowest BCUT2D eigenvalue weighted by Crippen LogP contribution is -2.50. The van der Waals surface area contributed by atoms with Crippen LogP contribution in [0.25, 0.3) is 0 Å². The third-order valence-corrected chi connectivity index (χ3v) is 4.71. The molecule has 1 unspecified atom stereocenters. The summed E-state index contributed by atoms with van der Waals surface area (Å²) in [5.74, 6) is 1.28. The molecule has 6 nitrogen and oxygen atoms in total. The normalized spacial score (nSPS) is 17.1. The Labute approximate surface area is 162 Å². The van der Waals surface area contributed by atoms with Crippen molar-refractivity contribution < 1.29 is 9.53 Å². The number of hydrogen-bond acceptors (Lipinski definition) is 4. The third kappa shape index (κ3) is 4.58. The molecule has 0 aliphatic carbocycles. The largest absolute Gasteiger partial charge is 0.484 e. The maximum atomic E-state index is 12.6. The molecule has 1 saturated heterocycles. The van der Waals surface area contributed by atoms with Crippen molar-refractivity contribution in [3.05, 3.63) is 46.5 Å². The molecule has 25 heavy (non-hydrogen) atoms. The standard InChI is InChI=1S/C16H18Cl2N4O2.ClH/c1-21-6-5-20-16(21)14-9-19-4-7-22(14)15(23)10-24-11-2-3-12(17)13(18)8-11;/h2-3,5-6,8,14,19H,4,7,9-10H2,1H3;1H. The number of nitrogens with one attached hydrogen (secondary N) is 1. The highest BCUT2D eigenvalue weighted by Crippen LogP contribution is 2.26. The first kappa shape index (κ1) is 19.8. The molecule has 0 radical (unpaired) electrons. The summed E-state index contributed by atoms with van der Waals surface area (Å²) in [6.07, 6.45) is 3.61. The Kier molecular flexibility index (Phi) is 6.95. The Morgan fingerprint density at radius 2 is 2.20 bits per heavy atom. The van der Waals surface area contributed by atoms with E-state index in [1.807, 2.05) is 17.8 Å². The molecule has 2 aromatic rings. The highest BCUT2D eigenvalue weighted by Gasteiger charge is 2.30. The van der Waals surface area contributed by atoms with Crippen molar-refractivity contribution in [2.45, 2.75) is 6.04 Å². The first-order valence-corrected chi connectivity index (χ1v) is 8.37. The second-order valence-electron chi connectivity index (χ2n) is 5.57. The quantitative estimate of drug-likeness (QED) is 0.850.